The van der Waals surface area contributed by atoms with Gasteiger partial charge in [0, 0.05) is 35.5 Å². The summed E-state index contributed by atoms with van der Waals surface area (Å²) < 4.78 is 6.32. The Morgan fingerprint density at radius 2 is 1.71 bits per heavy atom. The molecule has 0 radical (unpaired) electrons. The molecule has 0 spiro atoms. The number of aromatic hydroxyl groups is 1. The Labute approximate surface area is 164 Å². The lowest BCUT2D eigenvalue weighted by Gasteiger charge is -2.38. The Balaban J connectivity index is 1.84. The lowest BCUT2D eigenvalue weighted by molar-refractivity contribution is -0.118. The van der Waals surface area contributed by atoms with Crippen molar-refractivity contribution in [3.05, 3.63) is 83.1 Å². The summed E-state index contributed by atoms with van der Waals surface area (Å²) in [4.78, 5) is 13.3. The Morgan fingerprint density at radius 1 is 0.964 bits per heavy atom. The molecule has 0 saturated heterocycles. The number of rotatable bonds is 1. The third-order valence-corrected chi connectivity index (χ3v) is 5.87. The minimum absolute atomic E-state index is 0.109. The van der Waals surface area contributed by atoms with Gasteiger partial charge in [0.25, 0.3) is 0 Å². The van der Waals surface area contributed by atoms with E-state index in [2.05, 4.69) is 32.0 Å². The normalized spacial score (nSPS) is 20.5. The summed E-state index contributed by atoms with van der Waals surface area (Å²) in [5, 5.41) is 12.8. The molecule has 1 heterocycles. The van der Waals surface area contributed by atoms with Crippen LogP contribution in [0.1, 0.15) is 43.7 Å². The third kappa shape index (κ3) is 2.54. The van der Waals surface area contributed by atoms with Crippen LogP contribution in [0.3, 0.4) is 0 Å². The van der Waals surface area contributed by atoms with Gasteiger partial charge in [-0.2, -0.15) is 0 Å². The molecule has 3 nitrogen and oxygen atoms in total. The van der Waals surface area contributed by atoms with Crippen molar-refractivity contribution >= 4 is 16.6 Å². The van der Waals surface area contributed by atoms with Crippen LogP contribution in [0.2, 0.25) is 0 Å². The van der Waals surface area contributed by atoms with Gasteiger partial charge in [0.1, 0.15) is 17.3 Å². The topological polar surface area (TPSA) is 46.5 Å². The Kier molecular flexibility index (Phi) is 3.63. The number of allylic oxidation sites excluding steroid dienone is 2. The van der Waals surface area contributed by atoms with Crippen molar-refractivity contribution in [3.8, 4) is 11.5 Å². The molecule has 3 aromatic carbocycles. The summed E-state index contributed by atoms with van der Waals surface area (Å²) >= 11 is 0. The number of ether oxygens (including phenoxy) is 1. The molecular weight excluding hydrogens is 348 g/mol. The number of benzene rings is 3. The summed E-state index contributed by atoms with van der Waals surface area (Å²) in [6.07, 6.45) is 1.20. The number of carbonyl (C=O) groups excluding carboxylic acids is 1. The van der Waals surface area contributed by atoms with Gasteiger partial charge >= 0.3 is 0 Å². The second-order valence-corrected chi connectivity index (χ2v) is 8.57. The predicted molar refractivity (Wildman–Crippen MR) is 110 cm³/mol. The molecule has 0 aromatic heterocycles. The summed E-state index contributed by atoms with van der Waals surface area (Å²) in [5.41, 5.74) is 2.29. The number of fused-ring (bicyclic) bond motifs is 3. The number of ketones is 1. The maximum absolute atomic E-state index is 13.3. The highest BCUT2D eigenvalue weighted by molar-refractivity contribution is 6.02. The lowest BCUT2D eigenvalue weighted by atomic mass is 9.69. The third-order valence-electron chi connectivity index (χ3n) is 5.87. The molecular formula is C25H22O3. The minimum atomic E-state index is -0.324. The Hall–Kier alpha value is -3.07. The summed E-state index contributed by atoms with van der Waals surface area (Å²) in [6.45, 7) is 4.20. The van der Waals surface area contributed by atoms with Crippen molar-refractivity contribution < 1.29 is 14.6 Å². The smallest absolute Gasteiger partial charge is 0.163 e. The molecule has 2 aliphatic rings. The van der Waals surface area contributed by atoms with E-state index in [9.17, 15) is 9.90 Å². The average Bonchev–Trinajstić information content (AvgIpc) is 2.65. The first-order valence-corrected chi connectivity index (χ1v) is 9.68. The molecule has 0 saturated carbocycles. The van der Waals surface area contributed by atoms with Crippen LogP contribution < -0.4 is 4.74 Å². The fraction of sp³-hybridized carbons (Fsp3) is 0.240. The Morgan fingerprint density at radius 3 is 2.54 bits per heavy atom. The summed E-state index contributed by atoms with van der Waals surface area (Å²) in [7, 11) is 0. The minimum Gasteiger partial charge on any atom is -0.508 e. The molecule has 1 N–H and O–H groups in total. The molecule has 28 heavy (non-hydrogen) atoms. The maximum atomic E-state index is 13.3. The van der Waals surface area contributed by atoms with Crippen molar-refractivity contribution in [1.29, 1.82) is 0 Å². The summed E-state index contributed by atoms with van der Waals surface area (Å²) in [6, 6.07) is 19.5. The van der Waals surface area contributed by atoms with Gasteiger partial charge in [-0.15, -0.1) is 0 Å². The van der Waals surface area contributed by atoms with Crippen LogP contribution in [-0.4, -0.2) is 10.9 Å². The van der Waals surface area contributed by atoms with Crippen LogP contribution in [-0.2, 0) is 4.79 Å². The highest BCUT2D eigenvalue weighted by atomic mass is 16.5. The standard InChI is InChI=1S/C25H22O3/c1-25(2)13-19(27)24-21(14-25)28-20-12-11-15-7-3-4-8-16(15)22(20)23(24)17-9-5-6-10-18(17)26/h3-12,23,26H,13-14H2,1-2H3. The van der Waals surface area contributed by atoms with Crippen molar-refractivity contribution in [2.75, 3.05) is 0 Å². The van der Waals surface area contributed by atoms with Gasteiger partial charge in [-0.1, -0.05) is 62.4 Å². The van der Waals surface area contributed by atoms with Crippen LogP contribution in [0.4, 0.5) is 0 Å². The van der Waals surface area contributed by atoms with E-state index in [1.807, 2.05) is 36.4 Å². The molecule has 0 fully saturated rings. The SMILES string of the molecule is CC1(C)CC(=O)C2=C(C1)Oc1ccc3ccccc3c1C2c1ccccc1O. The van der Waals surface area contributed by atoms with E-state index in [0.717, 1.165) is 33.4 Å². The molecule has 1 aliphatic carbocycles. The van der Waals surface area contributed by atoms with Gasteiger partial charge in [0.05, 0.1) is 0 Å². The van der Waals surface area contributed by atoms with E-state index in [-0.39, 0.29) is 22.9 Å². The van der Waals surface area contributed by atoms with Gasteiger partial charge in [-0.3, -0.25) is 4.79 Å². The van der Waals surface area contributed by atoms with Crippen molar-refractivity contribution in [1.82, 2.24) is 0 Å². The fourth-order valence-corrected chi connectivity index (χ4v) is 4.67. The highest BCUT2D eigenvalue weighted by Gasteiger charge is 2.43. The zero-order valence-electron chi connectivity index (χ0n) is 16.0. The number of hydrogen-bond acceptors (Lipinski definition) is 3. The highest BCUT2D eigenvalue weighted by Crippen LogP contribution is 2.53. The van der Waals surface area contributed by atoms with Gasteiger partial charge in [-0.25, -0.2) is 0 Å². The summed E-state index contributed by atoms with van der Waals surface area (Å²) in [5.74, 6) is 1.51. The van der Waals surface area contributed by atoms with Crippen LogP contribution in [0, 0.1) is 5.41 Å². The van der Waals surface area contributed by atoms with E-state index in [4.69, 9.17) is 4.74 Å². The van der Waals surface area contributed by atoms with Gasteiger partial charge in [-0.05, 0) is 28.3 Å². The molecule has 5 rings (SSSR count). The molecule has 1 aliphatic heterocycles. The van der Waals surface area contributed by atoms with E-state index in [1.54, 1.807) is 6.07 Å². The molecule has 3 aromatic rings. The van der Waals surface area contributed by atoms with Crippen LogP contribution in [0.5, 0.6) is 11.5 Å². The predicted octanol–water partition coefficient (Wildman–Crippen LogP) is 5.71. The van der Waals surface area contributed by atoms with Crippen molar-refractivity contribution in [2.24, 2.45) is 5.41 Å². The fourth-order valence-electron chi connectivity index (χ4n) is 4.67. The van der Waals surface area contributed by atoms with E-state index in [0.29, 0.717) is 18.4 Å². The molecule has 0 amide bonds. The number of para-hydroxylation sites is 1. The van der Waals surface area contributed by atoms with Gasteiger partial charge in [0.2, 0.25) is 0 Å². The van der Waals surface area contributed by atoms with Crippen molar-refractivity contribution in [2.45, 2.75) is 32.6 Å². The first-order chi connectivity index (χ1) is 13.4. The quantitative estimate of drug-likeness (QED) is 0.596. The van der Waals surface area contributed by atoms with Crippen molar-refractivity contribution in [3.63, 3.8) is 0 Å². The average molecular weight is 370 g/mol. The number of carbonyl (C=O) groups is 1. The maximum Gasteiger partial charge on any atom is 0.163 e. The second kappa shape index (κ2) is 5.96. The monoisotopic (exact) mass is 370 g/mol. The van der Waals surface area contributed by atoms with E-state index >= 15 is 0 Å². The number of phenols is 1. The molecule has 1 atom stereocenters. The molecule has 1 unspecified atom stereocenters. The van der Waals surface area contributed by atoms with E-state index in [1.165, 1.54) is 0 Å². The number of Topliss-reactive ketones (excluding diaryl/α,β-unsaturated/α-hetero) is 1. The van der Waals surface area contributed by atoms with E-state index < -0.39 is 0 Å². The zero-order chi connectivity index (χ0) is 19.5. The van der Waals surface area contributed by atoms with Crippen LogP contribution in [0.15, 0.2) is 72.0 Å². The second-order valence-electron chi connectivity index (χ2n) is 8.57. The van der Waals surface area contributed by atoms with Gasteiger partial charge in [0.15, 0.2) is 5.78 Å². The largest absolute Gasteiger partial charge is 0.508 e. The number of phenolic OH excluding ortho intramolecular Hbond substituents is 1. The van der Waals surface area contributed by atoms with Crippen LogP contribution in [0.25, 0.3) is 10.8 Å². The van der Waals surface area contributed by atoms with Crippen LogP contribution >= 0.6 is 0 Å². The molecule has 140 valence electrons. The molecule has 3 heteroatoms. The molecule has 0 bridgehead atoms. The first kappa shape index (κ1) is 17.1. The lowest BCUT2D eigenvalue weighted by Crippen LogP contribution is -2.33. The first-order valence-electron chi connectivity index (χ1n) is 9.68. The zero-order valence-corrected chi connectivity index (χ0v) is 16.0. The van der Waals surface area contributed by atoms with Gasteiger partial charge < -0.3 is 9.84 Å². The number of hydrogen-bond donors (Lipinski definition) is 1. The Bertz CT molecular complexity index is 1150.